The average molecular weight is 350 g/mol. The zero-order valence-corrected chi connectivity index (χ0v) is 13.7. The number of amides is 1. The zero-order valence-electron chi connectivity index (χ0n) is 13.7. The molecule has 2 heterocycles. The third-order valence-corrected chi connectivity index (χ3v) is 3.57. The largest absolute Gasteiger partial charge is 0.455 e. The lowest BCUT2D eigenvalue weighted by molar-refractivity contribution is -0.384. The van der Waals surface area contributed by atoms with Crippen LogP contribution >= 0.6 is 0 Å². The van der Waals surface area contributed by atoms with Crippen LogP contribution in [0.15, 0.2) is 64.2 Å². The van der Waals surface area contributed by atoms with E-state index >= 15 is 0 Å². The lowest BCUT2D eigenvalue weighted by atomic mass is 10.1. The molecule has 0 aliphatic rings. The van der Waals surface area contributed by atoms with E-state index in [4.69, 9.17) is 4.42 Å². The Labute approximate surface area is 148 Å². The van der Waals surface area contributed by atoms with Crippen LogP contribution < -0.4 is 5.43 Å². The van der Waals surface area contributed by atoms with E-state index in [9.17, 15) is 14.9 Å². The van der Waals surface area contributed by atoms with Crippen LogP contribution in [0.1, 0.15) is 21.8 Å². The van der Waals surface area contributed by atoms with E-state index < -0.39 is 10.8 Å². The lowest BCUT2D eigenvalue weighted by Gasteiger charge is -2.02. The number of non-ortho nitro benzene ring substituents is 1. The zero-order chi connectivity index (χ0) is 18.5. The van der Waals surface area contributed by atoms with Crippen LogP contribution in [-0.4, -0.2) is 22.0 Å². The minimum atomic E-state index is -0.443. The summed E-state index contributed by atoms with van der Waals surface area (Å²) in [6.45, 7) is 1.77. The molecule has 0 aliphatic heterocycles. The molecule has 8 heteroatoms. The van der Waals surface area contributed by atoms with Crippen LogP contribution in [0, 0.1) is 17.0 Å². The summed E-state index contributed by atoms with van der Waals surface area (Å²) in [5.41, 5.74) is 4.11. The first-order chi connectivity index (χ1) is 12.5. The minimum absolute atomic E-state index is 0.0248. The van der Waals surface area contributed by atoms with Gasteiger partial charge in [-0.2, -0.15) is 5.10 Å². The predicted molar refractivity (Wildman–Crippen MR) is 94.8 cm³/mol. The molecule has 2 aromatic heterocycles. The Morgan fingerprint density at radius 3 is 2.81 bits per heavy atom. The minimum Gasteiger partial charge on any atom is -0.455 e. The number of benzene rings is 1. The molecule has 3 rings (SSSR count). The van der Waals surface area contributed by atoms with Gasteiger partial charge in [-0.3, -0.25) is 19.9 Å². The molecule has 130 valence electrons. The summed E-state index contributed by atoms with van der Waals surface area (Å²) in [5.74, 6) is 0.550. The Morgan fingerprint density at radius 2 is 2.12 bits per heavy atom. The molecule has 8 nitrogen and oxygen atoms in total. The summed E-state index contributed by atoms with van der Waals surface area (Å²) in [4.78, 5) is 26.1. The van der Waals surface area contributed by atoms with Crippen molar-refractivity contribution in [1.29, 1.82) is 0 Å². The third kappa shape index (κ3) is 3.81. The van der Waals surface area contributed by atoms with E-state index in [0.717, 1.165) is 11.1 Å². The van der Waals surface area contributed by atoms with E-state index in [1.54, 1.807) is 43.3 Å². The van der Waals surface area contributed by atoms with Crippen LogP contribution in [0.3, 0.4) is 0 Å². The number of carbonyl (C=O) groups is 1. The molecule has 0 spiro atoms. The molecule has 26 heavy (non-hydrogen) atoms. The van der Waals surface area contributed by atoms with Crippen molar-refractivity contribution in [3.63, 3.8) is 0 Å². The summed E-state index contributed by atoms with van der Waals surface area (Å²) in [6.07, 6.45) is 2.88. The molecule has 0 unspecified atom stereocenters. The van der Waals surface area contributed by atoms with E-state index in [1.807, 2.05) is 0 Å². The van der Waals surface area contributed by atoms with Crippen molar-refractivity contribution in [2.45, 2.75) is 6.92 Å². The van der Waals surface area contributed by atoms with Gasteiger partial charge in [0.15, 0.2) is 0 Å². The van der Waals surface area contributed by atoms with Gasteiger partial charge in [-0.1, -0.05) is 6.07 Å². The monoisotopic (exact) mass is 350 g/mol. The van der Waals surface area contributed by atoms with E-state index in [-0.39, 0.29) is 11.4 Å². The highest BCUT2D eigenvalue weighted by molar-refractivity contribution is 5.92. The number of hydrazone groups is 1. The Hall–Kier alpha value is -3.81. The first-order valence-electron chi connectivity index (χ1n) is 7.64. The highest BCUT2D eigenvalue weighted by atomic mass is 16.6. The molecular weight excluding hydrogens is 336 g/mol. The Bertz CT molecular complexity index is 980. The molecule has 1 aromatic carbocycles. The summed E-state index contributed by atoms with van der Waals surface area (Å²) >= 11 is 0. The normalized spacial score (nSPS) is 10.8. The van der Waals surface area contributed by atoms with Crippen LogP contribution in [0.4, 0.5) is 5.69 Å². The van der Waals surface area contributed by atoms with Gasteiger partial charge in [0.2, 0.25) is 0 Å². The van der Waals surface area contributed by atoms with Gasteiger partial charge in [0.1, 0.15) is 17.2 Å². The molecule has 0 aliphatic carbocycles. The number of hydrogen-bond acceptors (Lipinski definition) is 6. The number of nitrogens with zero attached hydrogens (tertiary/aromatic N) is 3. The molecule has 1 N–H and O–H groups in total. The number of nitrogens with one attached hydrogen (secondary N) is 1. The van der Waals surface area contributed by atoms with Gasteiger partial charge in [0.25, 0.3) is 11.6 Å². The number of rotatable bonds is 5. The molecular formula is C18H14N4O4. The quantitative estimate of drug-likeness (QED) is 0.431. The number of pyridine rings is 1. The fourth-order valence-electron chi connectivity index (χ4n) is 2.31. The summed E-state index contributed by atoms with van der Waals surface area (Å²) in [7, 11) is 0. The SMILES string of the molecule is Cc1cc([N+](=O)[O-])ccc1-c1ccc(C=NNC(=O)c2ccccn2)o1. The second-order valence-corrected chi connectivity index (χ2v) is 5.37. The number of nitro benzene ring substituents is 1. The van der Waals surface area contributed by atoms with Gasteiger partial charge in [0.05, 0.1) is 11.1 Å². The average Bonchev–Trinajstić information content (AvgIpc) is 3.10. The van der Waals surface area contributed by atoms with Crippen LogP contribution in [0.2, 0.25) is 0 Å². The highest BCUT2D eigenvalue weighted by Gasteiger charge is 2.12. The van der Waals surface area contributed by atoms with E-state index in [1.165, 1.54) is 24.5 Å². The van der Waals surface area contributed by atoms with E-state index in [0.29, 0.717) is 11.5 Å². The van der Waals surface area contributed by atoms with Crippen molar-refractivity contribution in [3.8, 4) is 11.3 Å². The van der Waals surface area contributed by atoms with Crippen molar-refractivity contribution >= 4 is 17.8 Å². The van der Waals surface area contributed by atoms with Gasteiger partial charge in [-0.25, -0.2) is 5.43 Å². The fourth-order valence-corrected chi connectivity index (χ4v) is 2.31. The number of hydrogen-bond donors (Lipinski definition) is 1. The molecule has 3 aromatic rings. The molecule has 0 saturated heterocycles. The van der Waals surface area contributed by atoms with Crippen molar-refractivity contribution in [2.75, 3.05) is 0 Å². The second-order valence-electron chi connectivity index (χ2n) is 5.37. The summed E-state index contributed by atoms with van der Waals surface area (Å²) in [5, 5.41) is 14.6. The van der Waals surface area contributed by atoms with Gasteiger partial charge in [-0.05, 0) is 42.8 Å². The fraction of sp³-hybridized carbons (Fsp3) is 0.0556. The standard InChI is InChI=1S/C18H14N4O4/c1-12-10-13(22(24)25)5-7-15(12)17-8-6-14(26-17)11-20-21-18(23)16-4-2-3-9-19-16/h2-11H,1H3,(H,21,23). The van der Waals surface area contributed by atoms with Gasteiger partial charge >= 0.3 is 0 Å². The molecule has 1 amide bonds. The number of furan rings is 1. The van der Waals surface area contributed by atoms with Crippen molar-refractivity contribution in [1.82, 2.24) is 10.4 Å². The van der Waals surface area contributed by atoms with Gasteiger partial charge < -0.3 is 4.42 Å². The Morgan fingerprint density at radius 1 is 1.27 bits per heavy atom. The maximum Gasteiger partial charge on any atom is 0.289 e. The number of nitro groups is 1. The van der Waals surface area contributed by atoms with Crippen molar-refractivity contribution in [2.24, 2.45) is 5.10 Å². The third-order valence-electron chi connectivity index (χ3n) is 3.57. The van der Waals surface area contributed by atoms with Crippen LogP contribution in [0.25, 0.3) is 11.3 Å². The molecule has 0 bridgehead atoms. The van der Waals surface area contributed by atoms with E-state index in [2.05, 4.69) is 15.5 Å². The molecule has 0 radical (unpaired) electrons. The van der Waals surface area contributed by atoms with Crippen LogP contribution in [-0.2, 0) is 0 Å². The number of aromatic nitrogens is 1. The topological polar surface area (TPSA) is 111 Å². The summed E-state index contributed by atoms with van der Waals surface area (Å²) in [6, 6.07) is 13.0. The van der Waals surface area contributed by atoms with Gasteiger partial charge in [0, 0.05) is 23.9 Å². The van der Waals surface area contributed by atoms with Crippen molar-refractivity contribution < 1.29 is 14.1 Å². The first kappa shape index (κ1) is 17.0. The smallest absolute Gasteiger partial charge is 0.289 e. The Balaban J connectivity index is 1.70. The number of carbonyl (C=O) groups excluding carboxylic acids is 1. The molecule has 0 fully saturated rings. The molecule has 0 saturated carbocycles. The second kappa shape index (κ2) is 7.39. The maximum absolute atomic E-state index is 11.8. The Kier molecular flexibility index (Phi) is 4.84. The maximum atomic E-state index is 11.8. The predicted octanol–water partition coefficient (Wildman–Crippen LogP) is 3.32. The highest BCUT2D eigenvalue weighted by Crippen LogP contribution is 2.28. The first-order valence-corrected chi connectivity index (χ1v) is 7.64. The molecule has 0 atom stereocenters. The van der Waals surface area contributed by atoms with Crippen molar-refractivity contribution in [3.05, 3.63) is 81.9 Å². The van der Waals surface area contributed by atoms with Crippen LogP contribution in [0.5, 0.6) is 0 Å². The lowest BCUT2D eigenvalue weighted by Crippen LogP contribution is -2.18. The van der Waals surface area contributed by atoms with Gasteiger partial charge in [-0.15, -0.1) is 0 Å². The number of aryl methyl sites for hydroxylation is 1. The summed E-state index contributed by atoms with van der Waals surface area (Å²) < 4.78 is 5.65.